The summed E-state index contributed by atoms with van der Waals surface area (Å²) in [6, 6.07) is 10.6. The summed E-state index contributed by atoms with van der Waals surface area (Å²) in [6.07, 6.45) is 3.61. The second kappa shape index (κ2) is 6.48. The number of ether oxygens (including phenoxy) is 1. The van der Waals surface area contributed by atoms with Crippen LogP contribution in [0.3, 0.4) is 0 Å². The van der Waals surface area contributed by atoms with E-state index in [4.69, 9.17) is 4.74 Å². The normalized spacial score (nSPS) is 10.7. The Kier molecular flexibility index (Phi) is 4.23. The number of nitrogens with one attached hydrogen (secondary N) is 1. The number of aromatic nitrogens is 3. The highest BCUT2D eigenvalue weighted by Crippen LogP contribution is 2.14. The SMILES string of the molecule is CCCc1nc2ccc(NC(=O)c3ccc(OC)cc3)cn2n1. The van der Waals surface area contributed by atoms with Crippen molar-refractivity contribution >= 4 is 17.2 Å². The van der Waals surface area contributed by atoms with Crippen molar-refractivity contribution in [1.29, 1.82) is 0 Å². The maximum absolute atomic E-state index is 12.3. The Balaban J connectivity index is 1.78. The molecule has 0 fully saturated rings. The molecule has 118 valence electrons. The van der Waals surface area contributed by atoms with Gasteiger partial charge in [0.15, 0.2) is 11.5 Å². The number of anilines is 1. The molecule has 3 rings (SSSR count). The molecule has 23 heavy (non-hydrogen) atoms. The lowest BCUT2D eigenvalue weighted by atomic mass is 10.2. The van der Waals surface area contributed by atoms with Crippen LogP contribution in [0.25, 0.3) is 5.65 Å². The van der Waals surface area contributed by atoms with Crippen molar-refractivity contribution in [3.05, 3.63) is 54.0 Å². The van der Waals surface area contributed by atoms with E-state index in [2.05, 4.69) is 22.3 Å². The monoisotopic (exact) mass is 310 g/mol. The topological polar surface area (TPSA) is 68.5 Å². The Bertz CT molecular complexity index is 824. The number of rotatable bonds is 5. The van der Waals surface area contributed by atoms with Gasteiger partial charge in [-0.15, -0.1) is 0 Å². The van der Waals surface area contributed by atoms with Crippen LogP contribution in [0.15, 0.2) is 42.6 Å². The molecule has 0 radical (unpaired) electrons. The molecule has 2 aromatic heterocycles. The third-order valence-corrected chi connectivity index (χ3v) is 3.46. The summed E-state index contributed by atoms with van der Waals surface area (Å²) in [5.41, 5.74) is 2.01. The molecule has 6 nitrogen and oxygen atoms in total. The molecular weight excluding hydrogens is 292 g/mol. The van der Waals surface area contributed by atoms with Crippen LogP contribution in [0.4, 0.5) is 5.69 Å². The zero-order valence-electron chi connectivity index (χ0n) is 13.1. The summed E-state index contributed by atoms with van der Waals surface area (Å²) in [6.45, 7) is 2.09. The van der Waals surface area contributed by atoms with E-state index in [0.29, 0.717) is 17.0 Å². The molecule has 0 atom stereocenters. The van der Waals surface area contributed by atoms with E-state index in [1.54, 1.807) is 42.1 Å². The standard InChI is InChI=1S/C17H18N4O2/c1-3-4-15-19-16-10-7-13(11-21(16)20-15)18-17(22)12-5-8-14(23-2)9-6-12/h5-11H,3-4H2,1-2H3,(H,18,22). The van der Waals surface area contributed by atoms with E-state index < -0.39 is 0 Å². The van der Waals surface area contributed by atoms with Crippen molar-refractivity contribution in [2.45, 2.75) is 19.8 Å². The Hall–Kier alpha value is -2.89. The minimum Gasteiger partial charge on any atom is -0.497 e. The quantitative estimate of drug-likeness (QED) is 0.786. The number of aryl methyl sites for hydroxylation is 1. The summed E-state index contributed by atoms with van der Waals surface area (Å²) in [7, 11) is 1.59. The van der Waals surface area contributed by atoms with E-state index in [1.807, 2.05) is 12.1 Å². The number of carbonyl (C=O) groups excluding carboxylic acids is 1. The first-order valence-corrected chi connectivity index (χ1v) is 7.50. The average molecular weight is 310 g/mol. The largest absolute Gasteiger partial charge is 0.497 e. The number of nitrogens with zero attached hydrogens (tertiary/aromatic N) is 3. The number of methoxy groups -OCH3 is 1. The number of fused-ring (bicyclic) bond motifs is 1. The number of carbonyl (C=O) groups is 1. The number of hydrogen-bond acceptors (Lipinski definition) is 4. The van der Waals surface area contributed by atoms with Gasteiger partial charge in [0.1, 0.15) is 5.75 Å². The van der Waals surface area contributed by atoms with E-state index in [0.717, 1.165) is 24.3 Å². The van der Waals surface area contributed by atoms with Gasteiger partial charge in [-0.2, -0.15) is 5.10 Å². The smallest absolute Gasteiger partial charge is 0.255 e. The predicted octanol–water partition coefficient (Wildman–Crippen LogP) is 2.94. The Morgan fingerprint density at radius 2 is 2.00 bits per heavy atom. The Morgan fingerprint density at radius 1 is 1.22 bits per heavy atom. The summed E-state index contributed by atoms with van der Waals surface area (Å²) in [5, 5.41) is 7.26. The van der Waals surface area contributed by atoms with Crippen LogP contribution in [-0.2, 0) is 6.42 Å². The lowest BCUT2D eigenvalue weighted by molar-refractivity contribution is 0.102. The second-order valence-corrected chi connectivity index (χ2v) is 5.18. The number of amides is 1. The van der Waals surface area contributed by atoms with Crippen LogP contribution < -0.4 is 10.1 Å². The van der Waals surface area contributed by atoms with Gasteiger partial charge in [-0.3, -0.25) is 4.79 Å². The first-order valence-electron chi connectivity index (χ1n) is 7.50. The zero-order valence-corrected chi connectivity index (χ0v) is 13.1. The minimum absolute atomic E-state index is 0.180. The zero-order chi connectivity index (χ0) is 16.2. The molecule has 3 aromatic rings. The van der Waals surface area contributed by atoms with Crippen LogP contribution in [0.2, 0.25) is 0 Å². The third kappa shape index (κ3) is 3.31. The Morgan fingerprint density at radius 3 is 2.70 bits per heavy atom. The van der Waals surface area contributed by atoms with E-state index in [-0.39, 0.29) is 5.91 Å². The highest BCUT2D eigenvalue weighted by molar-refractivity contribution is 6.04. The van der Waals surface area contributed by atoms with Crippen molar-refractivity contribution in [1.82, 2.24) is 14.6 Å². The highest BCUT2D eigenvalue weighted by Gasteiger charge is 2.08. The maximum Gasteiger partial charge on any atom is 0.255 e. The molecule has 0 aliphatic heterocycles. The average Bonchev–Trinajstić information content (AvgIpc) is 2.97. The lowest BCUT2D eigenvalue weighted by Crippen LogP contribution is -2.12. The van der Waals surface area contributed by atoms with Gasteiger partial charge < -0.3 is 10.1 Å². The molecule has 0 aliphatic carbocycles. The molecular formula is C17H18N4O2. The third-order valence-electron chi connectivity index (χ3n) is 3.46. The van der Waals surface area contributed by atoms with Crippen LogP contribution >= 0.6 is 0 Å². The van der Waals surface area contributed by atoms with E-state index >= 15 is 0 Å². The maximum atomic E-state index is 12.3. The van der Waals surface area contributed by atoms with Gasteiger partial charge in [-0.1, -0.05) is 6.92 Å². The van der Waals surface area contributed by atoms with Gasteiger partial charge in [0.25, 0.3) is 5.91 Å². The molecule has 0 saturated heterocycles. The summed E-state index contributed by atoms with van der Waals surface area (Å²) >= 11 is 0. The number of benzene rings is 1. The first-order chi connectivity index (χ1) is 11.2. The van der Waals surface area contributed by atoms with Gasteiger partial charge in [-0.05, 0) is 42.8 Å². The van der Waals surface area contributed by atoms with Crippen molar-refractivity contribution in [3.8, 4) is 5.75 Å². The van der Waals surface area contributed by atoms with Crippen LogP contribution in [0.1, 0.15) is 29.5 Å². The fourth-order valence-corrected chi connectivity index (χ4v) is 2.28. The summed E-state index contributed by atoms with van der Waals surface area (Å²) in [5.74, 6) is 1.35. The molecule has 2 heterocycles. The fourth-order valence-electron chi connectivity index (χ4n) is 2.28. The van der Waals surface area contributed by atoms with Gasteiger partial charge in [0, 0.05) is 12.0 Å². The second-order valence-electron chi connectivity index (χ2n) is 5.18. The van der Waals surface area contributed by atoms with Crippen molar-refractivity contribution < 1.29 is 9.53 Å². The van der Waals surface area contributed by atoms with Gasteiger partial charge in [-0.25, -0.2) is 9.50 Å². The van der Waals surface area contributed by atoms with E-state index in [9.17, 15) is 4.79 Å². The van der Waals surface area contributed by atoms with Gasteiger partial charge in [0.05, 0.1) is 19.0 Å². The number of pyridine rings is 1. The molecule has 0 unspecified atom stereocenters. The van der Waals surface area contributed by atoms with Crippen LogP contribution in [-0.4, -0.2) is 27.6 Å². The van der Waals surface area contributed by atoms with E-state index in [1.165, 1.54) is 0 Å². The molecule has 0 aliphatic rings. The molecule has 1 amide bonds. The summed E-state index contributed by atoms with van der Waals surface area (Å²) in [4.78, 5) is 16.7. The Labute approximate surface area is 134 Å². The van der Waals surface area contributed by atoms with Crippen molar-refractivity contribution in [2.75, 3.05) is 12.4 Å². The highest BCUT2D eigenvalue weighted by atomic mass is 16.5. The van der Waals surface area contributed by atoms with Gasteiger partial charge >= 0.3 is 0 Å². The van der Waals surface area contributed by atoms with Gasteiger partial charge in [0.2, 0.25) is 0 Å². The number of hydrogen-bond donors (Lipinski definition) is 1. The molecule has 0 spiro atoms. The molecule has 1 aromatic carbocycles. The van der Waals surface area contributed by atoms with Crippen LogP contribution in [0, 0.1) is 0 Å². The molecule has 6 heteroatoms. The first kappa shape index (κ1) is 15.0. The molecule has 1 N–H and O–H groups in total. The lowest BCUT2D eigenvalue weighted by Gasteiger charge is -2.06. The van der Waals surface area contributed by atoms with Crippen LogP contribution in [0.5, 0.6) is 5.75 Å². The minimum atomic E-state index is -0.180. The molecule has 0 bridgehead atoms. The predicted molar refractivity (Wildman–Crippen MR) is 87.9 cm³/mol. The molecule has 0 saturated carbocycles. The summed E-state index contributed by atoms with van der Waals surface area (Å²) < 4.78 is 6.78. The van der Waals surface area contributed by atoms with Crippen molar-refractivity contribution in [3.63, 3.8) is 0 Å². The van der Waals surface area contributed by atoms with Crippen molar-refractivity contribution in [2.24, 2.45) is 0 Å². The fraction of sp³-hybridized carbons (Fsp3) is 0.235.